The minimum Gasteiger partial charge on any atom is -0.506 e. The highest BCUT2D eigenvalue weighted by molar-refractivity contribution is 9.11. The summed E-state index contributed by atoms with van der Waals surface area (Å²) < 4.78 is 1.03. The summed E-state index contributed by atoms with van der Waals surface area (Å²) in [5.74, 6) is 0.115. The van der Waals surface area contributed by atoms with Crippen LogP contribution in [0.5, 0.6) is 5.75 Å². The molecule has 0 saturated heterocycles. The SMILES string of the molecule is N#C[13c]1[13cH][13c](Br)[13c](O)[13c](Br)[13cH]1. The molecule has 11 heavy (non-hydrogen) atoms. The fraction of sp³-hybridized carbons (Fsp3) is 0. The van der Waals surface area contributed by atoms with E-state index in [0.717, 1.165) is 0 Å². The quantitative estimate of drug-likeness (QED) is 0.795. The van der Waals surface area contributed by atoms with Crippen molar-refractivity contribution in [3.05, 3.63) is 26.6 Å². The second kappa shape index (κ2) is 3.24. The number of aromatic hydroxyl groups is 1. The monoisotopic (exact) mass is 281 g/mol. The van der Waals surface area contributed by atoms with Crippen molar-refractivity contribution in [2.75, 3.05) is 0 Å². The van der Waals surface area contributed by atoms with Crippen LogP contribution in [0.1, 0.15) is 5.56 Å². The maximum Gasteiger partial charge on any atom is 0.144 e. The number of phenolic OH excluding ortho intramolecular Hbond substituents is 1. The number of phenols is 1. The molecular formula is C7H3Br2NO. The first-order chi connectivity index (χ1) is 5.15. The van der Waals surface area contributed by atoms with E-state index in [9.17, 15) is 5.11 Å². The van der Waals surface area contributed by atoms with E-state index < -0.39 is 0 Å². The molecule has 0 saturated carbocycles. The van der Waals surface area contributed by atoms with Crippen molar-refractivity contribution in [3.8, 4) is 11.8 Å². The molecule has 0 fully saturated rings. The topological polar surface area (TPSA) is 44.0 Å². The fourth-order valence-corrected chi connectivity index (χ4v) is 1.82. The van der Waals surface area contributed by atoms with E-state index in [2.05, 4.69) is 31.9 Å². The van der Waals surface area contributed by atoms with Gasteiger partial charge in [-0.25, -0.2) is 0 Å². The number of hydrogen-bond donors (Lipinski definition) is 1. The lowest BCUT2D eigenvalue weighted by Gasteiger charge is -1.99. The zero-order valence-corrected chi connectivity index (χ0v) is 8.48. The van der Waals surface area contributed by atoms with Gasteiger partial charge in [0.1, 0.15) is 5.75 Å². The molecule has 4 heteroatoms. The largest absolute Gasteiger partial charge is 0.506 e. The first-order valence-electron chi connectivity index (χ1n) is 2.73. The molecule has 1 aromatic rings. The zero-order valence-electron chi connectivity index (χ0n) is 5.31. The first-order valence-corrected chi connectivity index (χ1v) is 4.32. The normalized spacial score (nSPS) is 9.18. The Balaban J connectivity index is 3.35. The number of rotatable bonds is 0. The smallest absolute Gasteiger partial charge is 0.144 e. The highest BCUT2D eigenvalue weighted by Gasteiger charge is 2.04. The van der Waals surface area contributed by atoms with Crippen LogP contribution >= 0.6 is 31.9 Å². The number of nitrogens with zero attached hydrogens (tertiary/aromatic N) is 1. The highest BCUT2D eigenvalue weighted by Crippen LogP contribution is 2.32. The predicted molar refractivity (Wildman–Crippen MR) is 48.2 cm³/mol. The molecule has 0 spiro atoms. The Bertz CT molecular complexity index is 307. The van der Waals surface area contributed by atoms with Crippen molar-refractivity contribution in [1.29, 1.82) is 5.26 Å². The van der Waals surface area contributed by atoms with Gasteiger partial charge in [-0.3, -0.25) is 0 Å². The summed E-state index contributed by atoms with van der Waals surface area (Å²) >= 11 is 6.21. The molecule has 2 nitrogen and oxygen atoms in total. The van der Waals surface area contributed by atoms with Crippen molar-refractivity contribution < 1.29 is 5.11 Å². The van der Waals surface area contributed by atoms with Crippen LogP contribution in [0.2, 0.25) is 0 Å². The van der Waals surface area contributed by atoms with Crippen molar-refractivity contribution in [2.24, 2.45) is 0 Å². The molecule has 0 aromatic heterocycles. The zero-order chi connectivity index (χ0) is 8.43. The van der Waals surface area contributed by atoms with Crippen LogP contribution in [-0.4, -0.2) is 5.11 Å². The van der Waals surface area contributed by atoms with Crippen LogP contribution in [0.3, 0.4) is 0 Å². The van der Waals surface area contributed by atoms with Gasteiger partial charge in [-0.15, -0.1) is 0 Å². The summed E-state index contributed by atoms with van der Waals surface area (Å²) in [5, 5.41) is 17.7. The Morgan fingerprint density at radius 3 is 2.09 bits per heavy atom. The predicted octanol–water partition coefficient (Wildman–Crippen LogP) is 2.79. The lowest BCUT2D eigenvalue weighted by molar-refractivity contribution is 0.468. The summed E-state index contributed by atoms with van der Waals surface area (Å²) in [5.41, 5.74) is 0.501. The van der Waals surface area contributed by atoms with Crippen molar-refractivity contribution >= 4 is 31.9 Å². The average Bonchev–Trinajstić information content (AvgIpc) is 1.99. The Morgan fingerprint density at radius 2 is 1.73 bits per heavy atom. The number of hydrogen-bond acceptors (Lipinski definition) is 2. The van der Waals surface area contributed by atoms with Gasteiger partial charge in [0.2, 0.25) is 0 Å². The van der Waals surface area contributed by atoms with Gasteiger partial charge in [-0.05, 0) is 44.0 Å². The van der Waals surface area contributed by atoms with Crippen LogP contribution in [0.15, 0.2) is 21.1 Å². The number of nitriles is 1. The third kappa shape index (κ3) is 1.73. The average molecular weight is 283 g/mol. The van der Waals surface area contributed by atoms with Crippen molar-refractivity contribution in [3.63, 3.8) is 0 Å². The van der Waals surface area contributed by atoms with Gasteiger partial charge in [0, 0.05) is 0 Å². The molecule has 0 bridgehead atoms. The molecule has 0 heterocycles. The minimum absolute atomic E-state index is 0.115. The van der Waals surface area contributed by atoms with E-state index in [4.69, 9.17) is 5.26 Å². The van der Waals surface area contributed by atoms with Crippen LogP contribution in [0.25, 0.3) is 0 Å². The summed E-state index contributed by atoms with van der Waals surface area (Å²) in [4.78, 5) is 0. The third-order valence-electron chi connectivity index (χ3n) is 1.15. The molecule has 1 aromatic carbocycles. The maximum atomic E-state index is 9.22. The van der Waals surface area contributed by atoms with Gasteiger partial charge in [0.05, 0.1) is 20.6 Å². The second-order valence-electron chi connectivity index (χ2n) is 1.90. The lowest BCUT2D eigenvalue weighted by Crippen LogP contribution is -1.76. The Morgan fingerprint density at radius 1 is 1.27 bits per heavy atom. The van der Waals surface area contributed by atoms with E-state index in [1.807, 2.05) is 6.07 Å². The molecule has 0 amide bonds. The van der Waals surface area contributed by atoms with Crippen LogP contribution in [0.4, 0.5) is 0 Å². The Labute approximate surface area is 80.7 Å². The van der Waals surface area contributed by atoms with Gasteiger partial charge in [-0.2, -0.15) is 5.26 Å². The Hall–Kier alpha value is -0.530. The summed E-state index contributed by atoms with van der Waals surface area (Å²) in [6, 6.07) is 5.08. The molecule has 0 aliphatic rings. The lowest BCUT2D eigenvalue weighted by atomic mass is 11.0. The molecule has 0 aliphatic heterocycles. The standard InChI is InChI=1S/C7H3Br2NO/c8-5-1-4(3-10)2-6(9)7(5)11/h1-2,11H/i1+1,2+1,4+1,5+1,6+1,7+1. The van der Waals surface area contributed by atoms with Gasteiger partial charge >= 0.3 is 0 Å². The van der Waals surface area contributed by atoms with Gasteiger partial charge in [0.25, 0.3) is 0 Å². The van der Waals surface area contributed by atoms with E-state index in [-0.39, 0.29) is 5.75 Å². The first kappa shape index (κ1) is 8.57. The Kier molecular flexibility index (Phi) is 2.53. The van der Waals surface area contributed by atoms with Crippen LogP contribution in [-0.2, 0) is 0 Å². The van der Waals surface area contributed by atoms with Crippen molar-refractivity contribution in [1.82, 2.24) is 0 Å². The second-order valence-corrected chi connectivity index (χ2v) is 3.61. The number of benzene rings is 1. The molecule has 0 radical (unpaired) electrons. The third-order valence-corrected chi connectivity index (χ3v) is 2.35. The summed E-state index contributed by atoms with van der Waals surface area (Å²) in [6.07, 6.45) is 0. The summed E-state index contributed by atoms with van der Waals surface area (Å²) in [7, 11) is 0. The van der Waals surface area contributed by atoms with Crippen molar-refractivity contribution in [2.45, 2.75) is 0 Å². The molecular weight excluding hydrogens is 280 g/mol. The molecule has 0 unspecified atom stereocenters. The van der Waals surface area contributed by atoms with E-state index in [1.165, 1.54) is 0 Å². The van der Waals surface area contributed by atoms with Gasteiger partial charge in [0.15, 0.2) is 0 Å². The fourth-order valence-electron chi connectivity index (χ4n) is 0.630. The molecule has 1 N–H and O–H groups in total. The highest BCUT2D eigenvalue weighted by atomic mass is 79.9. The number of halogens is 2. The van der Waals surface area contributed by atoms with Gasteiger partial charge in [-0.1, -0.05) is 0 Å². The molecule has 0 aliphatic carbocycles. The van der Waals surface area contributed by atoms with Gasteiger partial charge < -0.3 is 5.11 Å². The van der Waals surface area contributed by atoms with E-state index >= 15 is 0 Å². The molecule has 56 valence electrons. The van der Waals surface area contributed by atoms with E-state index in [1.54, 1.807) is 12.1 Å². The summed E-state index contributed by atoms with van der Waals surface area (Å²) in [6.45, 7) is 0. The van der Waals surface area contributed by atoms with E-state index in [0.29, 0.717) is 14.5 Å². The minimum atomic E-state index is 0.115. The van der Waals surface area contributed by atoms with Crippen LogP contribution < -0.4 is 0 Å². The molecule has 1 rings (SSSR count). The maximum absolute atomic E-state index is 9.22. The van der Waals surface area contributed by atoms with Crippen LogP contribution in [0, 0.1) is 11.3 Å². The molecule has 0 atom stereocenters.